The maximum absolute atomic E-state index is 12.2. The number of anilines is 1. The number of nitrogens with one attached hydrogen (secondary N) is 2. The third-order valence-electron chi connectivity index (χ3n) is 6.34. The van der Waals surface area contributed by atoms with Crippen LogP contribution < -0.4 is 10.6 Å². The molecule has 3 aliphatic rings. The number of likely N-dealkylation sites (tertiary alicyclic amines) is 1. The van der Waals surface area contributed by atoms with Gasteiger partial charge in [0.2, 0.25) is 5.91 Å². The molecule has 0 aromatic heterocycles. The quantitative estimate of drug-likeness (QED) is 0.605. The summed E-state index contributed by atoms with van der Waals surface area (Å²) in [6.07, 6.45) is 5.55. The molecule has 1 atom stereocenters. The predicted molar refractivity (Wildman–Crippen MR) is 111 cm³/mol. The molecule has 28 heavy (non-hydrogen) atoms. The monoisotopic (exact) mass is 384 g/mol. The maximum atomic E-state index is 12.2. The molecule has 1 aromatic carbocycles. The lowest BCUT2D eigenvalue weighted by atomic mass is 9.85. The molecule has 0 radical (unpaired) electrons. The van der Waals surface area contributed by atoms with Crippen molar-refractivity contribution < 1.29 is 9.53 Å². The van der Waals surface area contributed by atoms with Gasteiger partial charge in [-0.1, -0.05) is 18.6 Å². The van der Waals surface area contributed by atoms with Crippen LogP contribution in [0.3, 0.4) is 0 Å². The topological polar surface area (TPSA) is 66.0 Å². The number of hydrogen-bond acceptors (Lipinski definition) is 3. The molecule has 2 N–H and O–H groups in total. The van der Waals surface area contributed by atoms with Crippen LogP contribution in [-0.2, 0) is 16.1 Å². The van der Waals surface area contributed by atoms with Gasteiger partial charge in [-0.25, -0.2) is 4.99 Å². The Morgan fingerprint density at radius 1 is 1.36 bits per heavy atom. The van der Waals surface area contributed by atoms with Crippen LogP contribution in [0.25, 0.3) is 0 Å². The van der Waals surface area contributed by atoms with E-state index in [1.54, 1.807) is 0 Å². The standard InChI is InChI=1S/C22H32N4O2/c1-2-23-21(26-11-9-22(15-26)10-12-28-16-22)24-14-17-5-3-8-19(13-17)25-20(27)18-6-4-7-18/h3,5,8,13,18H,2,4,6-7,9-12,14-16H2,1H3,(H,23,24)(H,25,27). The van der Waals surface area contributed by atoms with Crippen molar-refractivity contribution in [3.05, 3.63) is 29.8 Å². The fourth-order valence-corrected chi connectivity index (χ4v) is 4.34. The van der Waals surface area contributed by atoms with Gasteiger partial charge in [-0.3, -0.25) is 4.79 Å². The van der Waals surface area contributed by atoms with Crippen molar-refractivity contribution in [2.75, 3.05) is 38.2 Å². The molecular formula is C22H32N4O2. The fraction of sp³-hybridized carbons (Fsp3) is 0.636. The molecule has 0 bridgehead atoms. The lowest BCUT2D eigenvalue weighted by Gasteiger charge is -2.25. The Kier molecular flexibility index (Phi) is 5.85. The van der Waals surface area contributed by atoms with E-state index in [0.29, 0.717) is 12.0 Å². The summed E-state index contributed by atoms with van der Waals surface area (Å²) in [7, 11) is 0. The molecule has 2 saturated heterocycles. The number of hydrogen-bond donors (Lipinski definition) is 2. The highest BCUT2D eigenvalue weighted by molar-refractivity contribution is 5.93. The van der Waals surface area contributed by atoms with E-state index < -0.39 is 0 Å². The first kappa shape index (κ1) is 19.2. The molecule has 152 valence electrons. The molecule has 1 unspecified atom stereocenters. The zero-order chi connectivity index (χ0) is 19.4. The van der Waals surface area contributed by atoms with E-state index in [0.717, 1.165) is 69.3 Å². The number of rotatable bonds is 5. The second-order valence-corrected chi connectivity index (χ2v) is 8.46. The van der Waals surface area contributed by atoms with Crippen molar-refractivity contribution in [2.45, 2.75) is 45.6 Å². The predicted octanol–water partition coefficient (Wildman–Crippen LogP) is 3.00. The number of guanidine groups is 1. The van der Waals surface area contributed by atoms with Crippen molar-refractivity contribution >= 4 is 17.6 Å². The molecule has 1 aromatic rings. The maximum Gasteiger partial charge on any atom is 0.227 e. The molecule has 1 saturated carbocycles. The lowest BCUT2D eigenvalue weighted by molar-refractivity contribution is -0.122. The van der Waals surface area contributed by atoms with Crippen molar-refractivity contribution in [2.24, 2.45) is 16.3 Å². The van der Waals surface area contributed by atoms with Gasteiger partial charge in [0.15, 0.2) is 5.96 Å². The minimum absolute atomic E-state index is 0.154. The molecule has 6 heteroatoms. The number of amides is 1. The first-order chi connectivity index (χ1) is 13.7. The number of nitrogens with zero attached hydrogens (tertiary/aromatic N) is 2. The highest BCUT2D eigenvalue weighted by Gasteiger charge is 2.42. The first-order valence-corrected chi connectivity index (χ1v) is 10.7. The molecule has 4 rings (SSSR count). The highest BCUT2D eigenvalue weighted by Crippen LogP contribution is 2.38. The van der Waals surface area contributed by atoms with Crippen LogP contribution in [0.15, 0.2) is 29.3 Å². The molecule has 1 amide bonds. The molecule has 3 fully saturated rings. The Labute approximate surface area is 167 Å². The van der Waals surface area contributed by atoms with E-state index in [4.69, 9.17) is 9.73 Å². The summed E-state index contributed by atoms with van der Waals surface area (Å²) in [6, 6.07) is 8.07. The van der Waals surface area contributed by atoms with Crippen molar-refractivity contribution in [3.63, 3.8) is 0 Å². The molecular weight excluding hydrogens is 352 g/mol. The van der Waals surface area contributed by atoms with Crippen LogP contribution in [0.4, 0.5) is 5.69 Å². The van der Waals surface area contributed by atoms with Crippen molar-refractivity contribution in [1.82, 2.24) is 10.2 Å². The molecule has 2 heterocycles. The average molecular weight is 385 g/mol. The van der Waals surface area contributed by atoms with Crippen LogP contribution in [-0.4, -0.2) is 49.6 Å². The zero-order valence-electron chi connectivity index (χ0n) is 16.9. The zero-order valence-corrected chi connectivity index (χ0v) is 16.9. The summed E-state index contributed by atoms with van der Waals surface area (Å²) < 4.78 is 5.65. The Morgan fingerprint density at radius 2 is 2.25 bits per heavy atom. The van der Waals surface area contributed by atoms with Gasteiger partial charge in [-0.2, -0.15) is 0 Å². The fourth-order valence-electron chi connectivity index (χ4n) is 4.34. The minimum atomic E-state index is 0.154. The summed E-state index contributed by atoms with van der Waals surface area (Å²) in [5.41, 5.74) is 2.31. The SMILES string of the molecule is CCNC(=NCc1cccc(NC(=O)C2CCC2)c1)N1CCC2(CCOC2)C1. The largest absolute Gasteiger partial charge is 0.381 e. The summed E-state index contributed by atoms with van der Waals surface area (Å²) in [5.74, 6) is 1.33. The number of ether oxygens (including phenoxy) is 1. The van der Waals surface area contributed by atoms with Crippen molar-refractivity contribution in [1.29, 1.82) is 0 Å². The number of aliphatic imine (C=N–C) groups is 1. The summed E-state index contributed by atoms with van der Waals surface area (Å²) in [5, 5.41) is 6.50. The Balaban J connectivity index is 1.39. The smallest absolute Gasteiger partial charge is 0.227 e. The van der Waals surface area contributed by atoms with E-state index in [2.05, 4.69) is 28.5 Å². The Hall–Kier alpha value is -2.08. The molecule has 6 nitrogen and oxygen atoms in total. The second kappa shape index (κ2) is 8.52. The van der Waals surface area contributed by atoms with Crippen LogP contribution >= 0.6 is 0 Å². The van der Waals surface area contributed by atoms with Crippen LogP contribution in [0.1, 0.15) is 44.6 Å². The number of carbonyl (C=O) groups excluding carboxylic acids is 1. The van der Waals surface area contributed by atoms with Crippen LogP contribution in [0, 0.1) is 11.3 Å². The third kappa shape index (κ3) is 4.32. The van der Waals surface area contributed by atoms with E-state index >= 15 is 0 Å². The van der Waals surface area contributed by atoms with E-state index in [1.165, 1.54) is 12.8 Å². The summed E-state index contributed by atoms with van der Waals surface area (Å²) >= 11 is 0. The Morgan fingerprint density at radius 3 is 2.96 bits per heavy atom. The summed E-state index contributed by atoms with van der Waals surface area (Å²) in [6.45, 7) is 7.40. The normalized spacial score (nSPS) is 25.2. The molecule has 1 aliphatic carbocycles. The number of carbonyl (C=O) groups is 1. The van der Waals surface area contributed by atoms with Gasteiger partial charge in [-0.15, -0.1) is 0 Å². The first-order valence-electron chi connectivity index (χ1n) is 10.7. The van der Waals surface area contributed by atoms with E-state index in [1.807, 2.05) is 18.2 Å². The molecule has 1 spiro atoms. The minimum Gasteiger partial charge on any atom is -0.381 e. The van der Waals surface area contributed by atoms with Gasteiger partial charge >= 0.3 is 0 Å². The van der Waals surface area contributed by atoms with Gasteiger partial charge in [0.1, 0.15) is 0 Å². The lowest BCUT2D eigenvalue weighted by Crippen LogP contribution is -2.41. The second-order valence-electron chi connectivity index (χ2n) is 8.46. The average Bonchev–Trinajstić information content (AvgIpc) is 3.27. The van der Waals surface area contributed by atoms with Gasteiger partial charge in [0.25, 0.3) is 0 Å². The van der Waals surface area contributed by atoms with Gasteiger partial charge in [-0.05, 0) is 50.3 Å². The van der Waals surface area contributed by atoms with Crippen LogP contribution in [0.2, 0.25) is 0 Å². The van der Waals surface area contributed by atoms with Gasteiger partial charge in [0.05, 0.1) is 13.2 Å². The number of benzene rings is 1. The molecule has 2 aliphatic heterocycles. The van der Waals surface area contributed by atoms with E-state index in [9.17, 15) is 4.79 Å². The Bertz CT molecular complexity index is 723. The van der Waals surface area contributed by atoms with Crippen LogP contribution in [0.5, 0.6) is 0 Å². The van der Waals surface area contributed by atoms with Gasteiger partial charge in [0, 0.05) is 43.3 Å². The third-order valence-corrected chi connectivity index (χ3v) is 6.34. The highest BCUT2D eigenvalue weighted by atomic mass is 16.5. The van der Waals surface area contributed by atoms with E-state index in [-0.39, 0.29) is 11.8 Å². The van der Waals surface area contributed by atoms with Crippen molar-refractivity contribution in [3.8, 4) is 0 Å². The van der Waals surface area contributed by atoms with Gasteiger partial charge < -0.3 is 20.3 Å². The summed E-state index contributed by atoms with van der Waals surface area (Å²) in [4.78, 5) is 19.4.